The highest BCUT2D eigenvalue weighted by Gasteiger charge is 2.31. The van der Waals surface area contributed by atoms with E-state index in [0.717, 1.165) is 73.1 Å². The van der Waals surface area contributed by atoms with Gasteiger partial charge >= 0.3 is 0 Å². The van der Waals surface area contributed by atoms with Crippen molar-refractivity contribution in [3.8, 4) is 28.4 Å². The van der Waals surface area contributed by atoms with Gasteiger partial charge in [-0.05, 0) is 125 Å². The van der Waals surface area contributed by atoms with Gasteiger partial charge in [0.05, 0.1) is 29.0 Å². The van der Waals surface area contributed by atoms with Crippen LogP contribution in [0.1, 0.15) is 90.1 Å². The van der Waals surface area contributed by atoms with Gasteiger partial charge in [0.1, 0.15) is 24.0 Å². The molecule has 0 spiro atoms. The number of hydrogen-bond donors (Lipinski definition) is 0. The summed E-state index contributed by atoms with van der Waals surface area (Å²) >= 11 is 0. The Morgan fingerprint density at radius 1 is 0.556 bits per heavy atom. The molecule has 0 aliphatic carbocycles. The number of ether oxygens (including phenoxy) is 1. The average molecular weight is 828 g/mol. The molecular formula is C57H57N5O. The van der Waals surface area contributed by atoms with Crippen LogP contribution in [0.25, 0.3) is 43.6 Å². The van der Waals surface area contributed by atoms with Gasteiger partial charge in [-0.1, -0.05) is 122 Å². The summed E-state index contributed by atoms with van der Waals surface area (Å²) < 4.78 is 9.28. The quantitative estimate of drug-likeness (QED) is 0.157. The first-order chi connectivity index (χ1) is 29.9. The Labute approximate surface area is 373 Å². The second kappa shape index (κ2) is 15.2. The third kappa shape index (κ3) is 7.71. The predicted molar refractivity (Wildman–Crippen MR) is 264 cm³/mol. The predicted octanol–water partition coefficient (Wildman–Crippen LogP) is 15.9. The number of fused-ring (bicyclic) bond motifs is 4. The van der Waals surface area contributed by atoms with Gasteiger partial charge in [-0.3, -0.25) is 4.57 Å². The molecule has 9 rings (SSSR count). The van der Waals surface area contributed by atoms with Crippen LogP contribution in [0.5, 0.6) is 11.5 Å². The van der Waals surface area contributed by atoms with E-state index in [-0.39, 0.29) is 16.2 Å². The molecule has 1 aliphatic rings. The first-order valence-electron chi connectivity index (χ1n) is 22.0. The van der Waals surface area contributed by atoms with Crippen molar-refractivity contribution in [1.82, 2.24) is 9.55 Å². The minimum Gasteiger partial charge on any atom is -0.457 e. The molecule has 0 N–H and O–H groups in total. The van der Waals surface area contributed by atoms with E-state index in [9.17, 15) is 0 Å². The molecule has 6 nitrogen and oxygen atoms in total. The van der Waals surface area contributed by atoms with E-state index < -0.39 is 0 Å². The fourth-order valence-corrected chi connectivity index (χ4v) is 9.10. The average Bonchev–Trinajstić information content (AvgIpc) is 3.78. The summed E-state index contributed by atoms with van der Waals surface area (Å²) in [5.74, 6) is 2.34. The van der Waals surface area contributed by atoms with Crippen LogP contribution in [-0.2, 0) is 16.2 Å². The zero-order chi connectivity index (χ0) is 44.6. The SMILES string of the molecule is [C-]#[N+]c1cc(C)c(-c2cc(Oc3ccc4c5ccccc5n(-c5cc(C(C)(C)C)ccn5)c4c3)cc(N3CN(c4cc(C(C)(C)C)cc(C(C)(C)C)c4)c4ccccc43)c2)c(C)c1. The molecule has 0 unspecified atom stereocenters. The van der Waals surface area contributed by atoms with Crippen molar-refractivity contribution in [2.75, 3.05) is 16.5 Å². The second-order valence-electron chi connectivity index (χ2n) is 20.3. The van der Waals surface area contributed by atoms with Crippen molar-refractivity contribution in [3.63, 3.8) is 0 Å². The van der Waals surface area contributed by atoms with Crippen LogP contribution in [0.15, 0.2) is 134 Å². The van der Waals surface area contributed by atoms with Gasteiger partial charge in [-0.25, -0.2) is 9.83 Å². The molecule has 3 heterocycles. The number of anilines is 4. The summed E-state index contributed by atoms with van der Waals surface area (Å²) in [4.78, 5) is 13.5. The lowest BCUT2D eigenvalue weighted by atomic mass is 9.80. The number of aryl methyl sites for hydroxylation is 2. The number of nitrogens with zero attached hydrogens (tertiary/aromatic N) is 5. The van der Waals surface area contributed by atoms with Crippen LogP contribution in [-0.4, -0.2) is 16.2 Å². The highest BCUT2D eigenvalue weighted by Crippen LogP contribution is 2.48. The number of pyridine rings is 1. The fraction of sp³-hybridized carbons (Fsp3) is 0.263. The van der Waals surface area contributed by atoms with E-state index >= 15 is 0 Å². The largest absolute Gasteiger partial charge is 0.457 e. The van der Waals surface area contributed by atoms with E-state index in [4.69, 9.17) is 16.3 Å². The molecule has 6 heteroatoms. The van der Waals surface area contributed by atoms with Gasteiger partial charge in [-0.15, -0.1) is 0 Å². The van der Waals surface area contributed by atoms with Crippen molar-refractivity contribution >= 4 is 50.2 Å². The molecular weight excluding hydrogens is 771 g/mol. The summed E-state index contributed by atoms with van der Waals surface area (Å²) in [7, 11) is 0. The zero-order valence-corrected chi connectivity index (χ0v) is 38.6. The maximum absolute atomic E-state index is 7.76. The van der Waals surface area contributed by atoms with E-state index in [2.05, 4.69) is 211 Å². The lowest BCUT2D eigenvalue weighted by molar-refractivity contribution is 0.483. The molecule has 0 saturated carbocycles. The van der Waals surface area contributed by atoms with Crippen LogP contribution >= 0.6 is 0 Å². The first-order valence-corrected chi connectivity index (χ1v) is 22.0. The fourth-order valence-electron chi connectivity index (χ4n) is 9.10. The normalized spacial score (nSPS) is 13.2. The summed E-state index contributed by atoms with van der Waals surface area (Å²) in [5.41, 5.74) is 15.3. The summed E-state index contributed by atoms with van der Waals surface area (Å²) in [6, 6.07) is 45.7. The van der Waals surface area contributed by atoms with Crippen molar-refractivity contribution in [3.05, 3.63) is 173 Å². The maximum Gasteiger partial charge on any atom is 0.187 e. The van der Waals surface area contributed by atoms with Crippen molar-refractivity contribution in [2.45, 2.75) is 92.4 Å². The molecule has 0 saturated heterocycles. The molecule has 6 aromatic carbocycles. The van der Waals surface area contributed by atoms with Gasteiger partial charge in [0, 0.05) is 40.5 Å². The molecule has 8 aromatic rings. The molecule has 63 heavy (non-hydrogen) atoms. The maximum atomic E-state index is 7.76. The molecule has 2 aromatic heterocycles. The van der Waals surface area contributed by atoms with E-state index in [0.29, 0.717) is 12.4 Å². The minimum atomic E-state index is -0.0286. The van der Waals surface area contributed by atoms with Crippen LogP contribution in [0.3, 0.4) is 0 Å². The molecule has 0 bridgehead atoms. The Kier molecular flexibility index (Phi) is 10.0. The highest BCUT2D eigenvalue weighted by atomic mass is 16.5. The Bertz CT molecular complexity index is 3070. The van der Waals surface area contributed by atoms with Crippen molar-refractivity contribution in [1.29, 1.82) is 0 Å². The molecule has 0 fully saturated rings. The van der Waals surface area contributed by atoms with Gasteiger partial charge in [-0.2, -0.15) is 0 Å². The highest BCUT2D eigenvalue weighted by molar-refractivity contribution is 6.09. The lowest BCUT2D eigenvalue weighted by Gasteiger charge is -2.29. The molecule has 0 atom stereocenters. The Balaban J connectivity index is 1.19. The smallest absolute Gasteiger partial charge is 0.187 e. The van der Waals surface area contributed by atoms with Gasteiger partial charge in [0.2, 0.25) is 0 Å². The number of benzene rings is 6. The topological polar surface area (TPSA) is 37.9 Å². The summed E-state index contributed by atoms with van der Waals surface area (Å²) in [5, 5.41) is 2.31. The van der Waals surface area contributed by atoms with Crippen molar-refractivity contribution < 1.29 is 4.74 Å². The molecule has 0 amide bonds. The third-order valence-corrected chi connectivity index (χ3v) is 12.6. The third-order valence-electron chi connectivity index (χ3n) is 12.6. The molecule has 1 aliphatic heterocycles. The van der Waals surface area contributed by atoms with E-state index in [1.165, 1.54) is 27.8 Å². The Hall–Kier alpha value is -6.84. The summed E-state index contributed by atoms with van der Waals surface area (Å²) in [6.45, 7) is 33.1. The number of para-hydroxylation sites is 3. The summed E-state index contributed by atoms with van der Waals surface area (Å²) in [6.07, 6.45) is 1.92. The van der Waals surface area contributed by atoms with Crippen molar-refractivity contribution in [2.24, 2.45) is 0 Å². The standard InChI is InChI=1S/C57H57N5O/c1-36-25-42(58-12)26-37(2)54(36)38-27-43(60-35-61(51-20-16-15-19-50(51)60)44-30-40(56(6,7)8)29-41(31-44)57(9,10)11)33-46(28-38)63-45-21-22-48-47-17-13-14-18-49(47)62(52(48)34-45)53-32-39(23-24-59-53)55(3,4)5/h13-34H,35H2,1-11H3. The Morgan fingerprint density at radius 2 is 1.14 bits per heavy atom. The monoisotopic (exact) mass is 827 g/mol. The Morgan fingerprint density at radius 3 is 1.76 bits per heavy atom. The lowest BCUT2D eigenvalue weighted by Crippen LogP contribution is -2.25. The molecule has 0 radical (unpaired) electrons. The number of aromatic nitrogens is 2. The number of hydrogen-bond acceptors (Lipinski definition) is 4. The van der Waals surface area contributed by atoms with Crippen LogP contribution < -0.4 is 14.5 Å². The van der Waals surface area contributed by atoms with Gasteiger partial charge in [0.25, 0.3) is 0 Å². The molecule has 316 valence electrons. The second-order valence-corrected chi connectivity index (χ2v) is 20.3. The van der Waals surface area contributed by atoms with Gasteiger partial charge < -0.3 is 14.5 Å². The van der Waals surface area contributed by atoms with E-state index in [1.54, 1.807) is 0 Å². The van der Waals surface area contributed by atoms with Crippen LogP contribution in [0.4, 0.5) is 28.4 Å². The van der Waals surface area contributed by atoms with E-state index in [1.807, 2.05) is 18.3 Å². The van der Waals surface area contributed by atoms with Crippen LogP contribution in [0.2, 0.25) is 0 Å². The number of rotatable bonds is 6. The first kappa shape index (κ1) is 41.5. The minimum absolute atomic E-state index is 0.0155. The zero-order valence-electron chi connectivity index (χ0n) is 38.6. The van der Waals surface area contributed by atoms with Crippen LogP contribution in [0, 0.1) is 20.4 Å². The van der Waals surface area contributed by atoms with Gasteiger partial charge in [0.15, 0.2) is 5.69 Å².